The Hall–Kier alpha value is -3.27. The van der Waals surface area contributed by atoms with Crippen LogP contribution in [0, 0.1) is 0 Å². The van der Waals surface area contributed by atoms with E-state index in [-0.39, 0.29) is 11.0 Å². The summed E-state index contributed by atoms with van der Waals surface area (Å²) in [7, 11) is -3.53. The first kappa shape index (κ1) is 24.4. The Morgan fingerprint density at radius 1 is 1.03 bits per heavy atom. The molecule has 0 amide bonds. The summed E-state index contributed by atoms with van der Waals surface area (Å²) in [5, 5.41) is 4.38. The molecular formula is C27H31N5O3S. The van der Waals surface area contributed by atoms with E-state index in [1.807, 2.05) is 44.2 Å². The summed E-state index contributed by atoms with van der Waals surface area (Å²) < 4.78 is 33.2. The minimum Gasteiger partial charge on any atom is -0.376 e. The second kappa shape index (κ2) is 10.4. The third kappa shape index (κ3) is 4.61. The fourth-order valence-electron chi connectivity index (χ4n) is 4.79. The van der Waals surface area contributed by atoms with Gasteiger partial charge in [-0.2, -0.15) is 4.31 Å². The molecular weight excluding hydrogens is 474 g/mol. The molecule has 2 aromatic heterocycles. The van der Waals surface area contributed by atoms with Gasteiger partial charge in [-0.25, -0.2) is 18.4 Å². The number of hydrogen-bond donors (Lipinski definition) is 2. The molecule has 0 spiro atoms. The lowest BCUT2D eigenvalue weighted by atomic mass is 9.99. The zero-order chi connectivity index (χ0) is 25.1. The van der Waals surface area contributed by atoms with E-state index in [2.05, 4.69) is 32.4 Å². The highest BCUT2D eigenvalue weighted by molar-refractivity contribution is 7.89. The number of aromatic nitrogens is 3. The maximum absolute atomic E-state index is 13.0. The zero-order valence-corrected chi connectivity index (χ0v) is 21.4. The van der Waals surface area contributed by atoms with E-state index in [1.165, 1.54) is 4.31 Å². The molecule has 0 saturated carbocycles. The number of nitrogens with zero attached hydrogens (tertiary/aromatic N) is 3. The highest BCUT2D eigenvalue weighted by atomic mass is 32.2. The van der Waals surface area contributed by atoms with Gasteiger partial charge in [0.1, 0.15) is 17.8 Å². The summed E-state index contributed by atoms with van der Waals surface area (Å²) in [4.78, 5) is 12.8. The average Bonchev–Trinajstić information content (AvgIpc) is 3.57. The van der Waals surface area contributed by atoms with Crippen molar-refractivity contribution in [3.8, 4) is 22.4 Å². The molecule has 0 radical (unpaired) electrons. The number of sulfonamides is 1. The molecule has 9 heteroatoms. The van der Waals surface area contributed by atoms with Crippen molar-refractivity contribution in [1.82, 2.24) is 19.3 Å². The van der Waals surface area contributed by atoms with Crippen LogP contribution in [-0.4, -0.2) is 60.0 Å². The molecule has 0 bridgehead atoms. The van der Waals surface area contributed by atoms with E-state index >= 15 is 0 Å². The van der Waals surface area contributed by atoms with Crippen molar-refractivity contribution in [2.75, 3.05) is 31.6 Å². The third-order valence-electron chi connectivity index (χ3n) is 6.66. The van der Waals surface area contributed by atoms with Crippen LogP contribution in [0.15, 0.2) is 65.8 Å². The second-order valence-corrected chi connectivity index (χ2v) is 10.8. The summed E-state index contributed by atoms with van der Waals surface area (Å²) in [6.45, 7) is 6.03. The first-order chi connectivity index (χ1) is 17.5. The van der Waals surface area contributed by atoms with E-state index < -0.39 is 10.0 Å². The van der Waals surface area contributed by atoms with Gasteiger partial charge < -0.3 is 15.0 Å². The van der Waals surface area contributed by atoms with Gasteiger partial charge in [0, 0.05) is 31.8 Å². The van der Waals surface area contributed by atoms with Gasteiger partial charge in [-0.05, 0) is 36.1 Å². The van der Waals surface area contributed by atoms with Crippen molar-refractivity contribution in [3.63, 3.8) is 0 Å². The Morgan fingerprint density at radius 2 is 1.78 bits per heavy atom. The molecule has 0 aliphatic carbocycles. The number of nitrogens with one attached hydrogen (secondary N) is 2. The third-order valence-corrected chi connectivity index (χ3v) is 8.72. The average molecular weight is 506 g/mol. The number of anilines is 1. The van der Waals surface area contributed by atoms with Crippen molar-refractivity contribution in [2.45, 2.75) is 37.7 Å². The summed E-state index contributed by atoms with van der Waals surface area (Å²) in [5.41, 5.74) is 4.45. The Labute approximate surface area is 211 Å². The van der Waals surface area contributed by atoms with Gasteiger partial charge in [0.25, 0.3) is 0 Å². The molecule has 2 N–H and O–H groups in total. The molecule has 188 valence electrons. The number of fused-ring (bicyclic) bond motifs is 1. The normalized spacial score (nSPS) is 16.1. The SMILES string of the molecule is CCN(CC)S(=O)(=O)c1ccc(-c2[nH]c3ncnc(NCC4CCCO4)c3c2-c2ccccc2)cc1. The van der Waals surface area contributed by atoms with Crippen LogP contribution >= 0.6 is 0 Å². The molecule has 1 unspecified atom stereocenters. The molecule has 4 aromatic rings. The highest BCUT2D eigenvalue weighted by Gasteiger charge is 2.24. The van der Waals surface area contributed by atoms with Crippen molar-refractivity contribution in [2.24, 2.45) is 0 Å². The Kier molecular flexibility index (Phi) is 7.04. The van der Waals surface area contributed by atoms with E-state index in [0.29, 0.717) is 25.3 Å². The summed E-state index contributed by atoms with van der Waals surface area (Å²) in [5.74, 6) is 0.748. The lowest BCUT2D eigenvalue weighted by Crippen LogP contribution is -2.30. The minimum absolute atomic E-state index is 0.175. The Bertz CT molecular complexity index is 1430. The predicted octanol–water partition coefficient (Wildman–Crippen LogP) is 4.91. The Morgan fingerprint density at radius 3 is 2.44 bits per heavy atom. The highest BCUT2D eigenvalue weighted by Crippen LogP contribution is 2.40. The van der Waals surface area contributed by atoms with Gasteiger partial charge in [0.05, 0.1) is 22.1 Å². The maximum Gasteiger partial charge on any atom is 0.243 e. The molecule has 8 nitrogen and oxygen atoms in total. The largest absolute Gasteiger partial charge is 0.376 e. The van der Waals surface area contributed by atoms with Crippen LogP contribution in [0.2, 0.25) is 0 Å². The van der Waals surface area contributed by atoms with Crippen LogP contribution in [0.1, 0.15) is 26.7 Å². The minimum atomic E-state index is -3.53. The van der Waals surface area contributed by atoms with Gasteiger partial charge in [0.15, 0.2) is 0 Å². The van der Waals surface area contributed by atoms with E-state index in [0.717, 1.165) is 53.0 Å². The van der Waals surface area contributed by atoms with Crippen molar-refractivity contribution >= 4 is 26.9 Å². The molecule has 1 fully saturated rings. The maximum atomic E-state index is 13.0. The van der Waals surface area contributed by atoms with E-state index in [9.17, 15) is 8.42 Å². The van der Waals surface area contributed by atoms with Gasteiger partial charge in [-0.15, -0.1) is 0 Å². The zero-order valence-electron chi connectivity index (χ0n) is 20.6. The molecule has 2 aromatic carbocycles. The molecule has 1 atom stereocenters. The van der Waals surface area contributed by atoms with E-state index in [1.54, 1.807) is 18.5 Å². The lowest BCUT2D eigenvalue weighted by molar-refractivity contribution is 0.120. The van der Waals surface area contributed by atoms with Crippen LogP contribution in [0.4, 0.5) is 5.82 Å². The fourth-order valence-corrected chi connectivity index (χ4v) is 6.25. The number of aromatic amines is 1. The quantitative estimate of drug-likeness (QED) is 0.335. The van der Waals surface area contributed by atoms with Gasteiger partial charge in [-0.1, -0.05) is 56.3 Å². The smallest absolute Gasteiger partial charge is 0.243 e. The molecule has 1 aliphatic heterocycles. The van der Waals surface area contributed by atoms with Crippen LogP contribution in [0.25, 0.3) is 33.4 Å². The summed E-state index contributed by atoms with van der Waals surface area (Å²) in [6, 6.07) is 17.1. The van der Waals surface area contributed by atoms with Crippen LogP contribution < -0.4 is 5.32 Å². The van der Waals surface area contributed by atoms with Gasteiger partial charge >= 0.3 is 0 Å². The number of hydrogen-bond acceptors (Lipinski definition) is 6. The van der Waals surface area contributed by atoms with Gasteiger partial charge in [0.2, 0.25) is 10.0 Å². The van der Waals surface area contributed by atoms with Crippen LogP contribution in [0.5, 0.6) is 0 Å². The van der Waals surface area contributed by atoms with Crippen molar-refractivity contribution in [3.05, 3.63) is 60.9 Å². The first-order valence-corrected chi connectivity index (χ1v) is 13.8. The first-order valence-electron chi connectivity index (χ1n) is 12.4. The monoisotopic (exact) mass is 505 g/mol. The molecule has 3 heterocycles. The molecule has 36 heavy (non-hydrogen) atoms. The number of H-pyrrole nitrogens is 1. The van der Waals surface area contributed by atoms with Crippen LogP contribution in [0.3, 0.4) is 0 Å². The lowest BCUT2D eigenvalue weighted by Gasteiger charge is -2.18. The van der Waals surface area contributed by atoms with Crippen LogP contribution in [-0.2, 0) is 14.8 Å². The predicted molar refractivity (Wildman–Crippen MR) is 142 cm³/mol. The number of ether oxygens (including phenoxy) is 1. The molecule has 1 aliphatic rings. The van der Waals surface area contributed by atoms with Crippen molar-refractivity contribution in [1.29, 1.82) is 0 Å². The van der Waals surface area contributed by atoms with Crippen molar-refractivity contribution < 1.29 is 13.2 Å². The summed E-state index contributed by atoms with van der Waals surface area (Å²) in [6.07, 6.45) is 3.84. The van der Waals surface area contributed by atoms with Gasteiger partial charge in [-0.3, -0.25) is 0 Å². The number of rotatable bonds is 9. The molecule has 1 saturated heterocycles. The topological polar surface area (TPSA) is 100 Å². The standard InChI is InChI=1S/C27H31N5O3S/c1-3-32(4-2)36(33,34)22-14-12-20(13-15-22)25-23(19-9-6-5-7-10-19)24-26(29-18-30-27(24)31-25)28-17-21-11-8-16-35-21/h5-7,9-10,12-15,18,21H,3-4,8,11,16-17H2,1-2H3,(H2,28,29,30,31). The number of benzene rings is 2. The molecule has 5 rings (SSSR count). The Balaban J connectivity index is 1.60. The summed E-state index contributed by atoms with van der Waals surface area (Å²) >= 11 is 0. The fraction of sp³-hybridized carbons (Fsp3) is 0.333. The second-order valence-electron chi connectivity index (χ2n) is 8.82. The van der Waals surface area contributed by atoms with E-state index in [4.69, 9.17) is 4.74 Å².